The van der Waals surface area contributed by atoms with E-state index in [0.717, 1.165) is 17.5 Å². The molecule has 2 N–H and O–H groups in total. The third-order valence-electron chi connectivity index (χ3n) is 4.17. The van der Waals surface area contributed by atoms with Gasteiger partial charge in [-0.2, -0.15) is 0 Å². The largest absolute Gasteiger partial charge is 0.483 e. The van der Waals surface area contributed by atoms with Crippen LogP contribution in [0.4, 0.5) is 5.69 Å². The van der Waals surface area contributed by atoms with E-state index in [1.807, 2.05) is 32.0 Å². The normalized spacial score (nSPS) is 10.3. The third kappa shape index (κ3) is 6.11. The summed E-state index contributed by atoms with van der Waals surface area (Å²) >= 11 is 0. The Bertz CT molecular complexity index is 790. The molecule has 0 spiro atoms. The lowest BCUT2D eigenvalue weighted by Crippen LogP contribution is -2.27. The van der Waals surface area contributed by atoms with Crippen LogP contribution in [0, 0.1) is 13.8 Å². The molecule has 2 rings (SSSR count). The lowest BCUT2D eigenvalue weighted by Gasteiger charge is -2.13. The van der Waals surface area contributed by atoms with Gasteiger partial charge in [0.15, 0.2) is 6.61 Å². The number of benzene rings is 2. The Morgan fingerprint density at radius 2 is 1.81 bits per heavy atom. The van der Waals surface area contributed by atoms with Crippen LogP contribution >= 0.6 is 0 Å². The number of ether oxygens (including phenoxy) is 2. The SMILES string of the molecule is COCCCNC(=O)c1ccccc1NC(=O)COc1cccc(C)c1C. The van der Waals surface area contributed by atoms with E-state index >= 15 is 0 Å². The van der Waals surface area contributed by atoms with Crippen molar-refractivity contribution >= 4 is 17.5 Å². The van der Waals surface area contributed by atoms with Crippen LogP contribution in [-0.4, -0.2) is 38.7 Å². The topological polar surface area (TPSA) is 76.7 Å². The van der Waals surface area contributed by atoms with Gasteiger partial charge in [-0.05, 0) is 49.6 Å². The zero-order chi connectivity index (χ0) is 19.6. The van der Waals surface area contributed by atoms with Crippen molar-refractivity contribution in [3.63, 3.8) is 0 Å². The molecule has 0 aliphatic rings. The molecule has 2 aromatic carbocycles. The first-order chi connectivity index (χ1) is 13.0. The molecule has 0 saturated heterocycles. The molecule has 144 valence electrons. The van der Waals surface area contributed by atoms with E-state index in [2.05, 4.69) is 10.6 Å². The van der Waals surface area contributed by atoms with Crippen molar-refractivity contribution < 1.29 is 19.1 Å². The number of hydrogen-bond donors (Lipinski definition) is 2. The molecule has 0 atom stereocenters. The molecule has 6 nitrogen and oxygen atoms in total. The molecule has 0 unspecified atom stereocenters. The van der Waals surface area contributed by atoms with Crippen LogP contribution in [0.15, 0.2) is 42.5 Å². The fraction of sp³-hybridized carbons (Fsp3) is 0.333. The second kappa shape index (κ2) is 10.3. The summed E-state index contributed by atoms with van der Waals surface area (Å²) < 4.78 is 10.6. The number of nitrogens with one attached hydrogen (secondary N) is 2. The number of para-hydroxylation sites is 1. The van der Waals surface area contributed by atoms with Crippen molar-refractivity contribution in [2.45, 2.75) is 20.3 Å². The van der Waals surface area contributed by atoms with Gasteiger partial charge in [0.2, 0.25) is 0 Å². The van der Waals surface area contributed by atoms with Crippen LogP contribution in [-0.2, 0) is 9.53 Å². The van der Waals surface area contributed by atoms with Crippen LogP contribution < -0.4 is 15.4 Å². The van der Waals surface area contributed by atoms with Gasteiger partial charge in [0.25, 0.3) is 11.8 Å². The predicted octanol–water partition coefficient (Wildman–Crippen LogP) is 3.09. The summed E-state index contributed by atoms with van der Waals surface area (Å²) in [5.41, 5.74) is 2.97. The van der Waals surface area contributed by atoms with Gasteiger partial charge in [0.05, 0.1) is 11.3 Å². The van der Waals surface area contributed by atoms with Crippen molar-refractivity contribution in [3.05, 3.63) is 59.2 Å². The minimum Gasteiger partial charge on any atom is -0.483 e. The van der Waals surface area contributed by atoms with Gasteiger partial charge in [-0.3, -0.25) is 9.59 Å². The van der Waals surface area contributed by atoms with Crippen molar-refractivity contribution in [2.24, 2.45) is 0 Å². The van der Waals surface area contributed by atoms with Crippen molar-refractivity contribution in [3.8, 4) is 5.75 Å². The number of amides is 2. The van der Waals surface area contributed by atoms with E-state index in [9.17, 15) is 9.59 Å². The summed E-state index contributed by atoms with van der Waals surface area (Å²) in [5.74, 6) is 0.113. The van der Waals surface area contributed by atoms with Crippen LogP contribution in [0.1, 0.15) is 27.9 Å². The van der Waals surface area contributed by atoms with Crippen molar-refractivity contribution in [1.82, 2.24) is 5.32 Å². The Morgan fingerprint density at radius 3 is 2.59 bits per heavy atom. The second-order valence-corrected chi connectivity index (χ2v) is 6.18. The lowest BCUT2D eigenvalue weighted by atomic mass is 10.1. The van der Waals surface area contributed by atoms with E-state index in [0.29, 0.717) is 30.2 Å². The first-order valence-corrected chi connectivity index (χ1v) is 8.88. The van der Waals surface area contributed by atoms with Gasteiger partial charge < -0.3 is 20.1 Å². The predicted molar refractivity (Wildman–Crippen MR) is 105 cm³/mol. The molecule has 0 fully saturated rings. The minimum absolute atomic E-state index is 0.131. The van der Waals surface area contributed by atoms with Crippen molar-refractivity contribution in [2.75, 3.05) is 32.2 Å². The fourth-order valence-corrected chi connectivity index (χ4v) is 2.51. The Kier molecular flexibility index (Phi) is 7.82. The van der Waals surface area contributed by atoms with Gasteiger partial charge in [-0.25, -0.2) is 0 Å². The van der Waals surface area contributed by atoms with Crippen molar-refractivity contribution in [1.29, 1.82) is 0 Å². The molecular weight excluding hydrogens is 344 g/mol. The van der Waals surface area contributed by atoms with Crippen LogP contribution in [0.5, 0.6) is 5.75 Å². The number of carbonyl (C=O) groups is 2. The zero-order valence-corrected chi connectivity index (χ0v) is 16.0. The molecule has 0 bridgehead atoms. The Balaban J connectivity index is 1.95. The summed E-state index contributed by atoms with van der Waals surface area (Å²) in [6.07, 6.45) is 0.723. The van der Waals surface area contributed by atoms with Gasteiger partial charge in [-0.15, -0.1) is 0 Å². The molecule has 0 aliphatic heterocycles. The quantitative estimate of drug-likeness (QED) is 0.665. The minimum atomic E-state index is -0.324. The Hall–Kier alpha value is -2.86. The number of anilines is 1. The second-order valence-electron chi connectivity index (χ2n) is 6.18. The highest BCUT2D eigenvalue weighted by molar-refractivity contribution is 6.04. The van der Waals surface area contributed by atoms with E-state index in [1.165, 1.54) is 0 Å². The number of aryl methyl sites for hydroxylation is 1. The van der Waals surface area contributed by atoms with Gasteiger partial charge in [0, 0.05) is 20.3 Å². The molecule has 0 aliphatic carbocycles. The van der Waals surface area contributed by atoms with E-state index in [-0.39, 0.29) is 18.4 Å². The molecule has 27 heavy (non-hydrogen) atoms. The number of carbonyl (C=O) groups excluding carboxylic acids is 2. The molecule has 0 heterocycles. The van der Waals surface area contributed by atoms with Gasteiger partial charge in [0.1, 0.15) is 5.75 Å². The Morgan fingerprint density at radius 1 is 1.04 bits per heavy atom. The standard InChI is InChI=1S/C21H26N2O4/c1-15-8-6-11-19(16(15)2)27-14-20(24)23-18-10-5-4-9-17(18)21(25)22-12-7-13-26-3/h4-6,8-11H,7,12-14H2,1-3H3,(H,22,25)(H,23,24). The average molecular weight is 370 g/mol. The maximum absolute atomic E-state index is 12.3. The first-order valence-electron chi connectivity index (χ1n) is 8.88. The maximum Gasteiger partial charge on any atom is 0.262 e. The van der Waals surface area contributed by atoms with Gasteiger partial charge >= 0.3 is 0 Å². The maximum atomic E-state index is 12.3. The average Bonchev–Trinajstić information content (AvgIpc) is 2.66. The number of methoxy groups -OCH3 is 1. The number of rotatable bonds is 9. The molecule has 0 radical (unpaired) electrons. The van der Waals surface area contributed by atoms with Gasteiger partial charge in [-0.1, -0.05) is 24.3 Å². The van der Waals surface area contributed by atoms with E-state index in [4.69, 9.17) is 9.47 Å². The van der Waals surface area contributed by atoms with Crippen LogP contribution in [0.2, 0.25) is 0 Å². The molecular formula is C21H26N2O4. The Labute approximate surface area is 159 Å². The smallest absolute Gasteiger partial charge is 0.262 e. The van der Waals surface area contributed by atoms with Crippen LogP contribution in [0.25, 0.3) is 0 Å². The highest BCUT2D eigenvalue weighted by atomic mass is 16.5. The number of hydrogen-bond acceptors (Lipinski definition) is 4. The molecule has 2 aromatic rings. The summed E-state index contributed by atoms with van der Waals surface area (Å²) in [5, 5.41) is 5.57. The lowest BCUT2D eigenvalue weighted by molar-refractivity contribution is -0.118. The zero-order valence-electron chi connectivity index (χ0n) is 16.0. The molecule has 0 aromatic heterocycles. The highest BCUT2D eigenvalue weighted by Gasteiger charge is 2.13. The molecule has 2 amide bonds. The summed E-state index contributed by atoms with van der Waals surface area (Å²) in [6.45, 7) is 4.89. The third-order valence-corrected chi connectivity index (χ3v) is 4.17. The first kappa shape index (κ1) is 20.5. The van der Waals surface area contributed by atoms with E-state index in [1.54, 1.807) is 31.4 Å². The summed E-state index contributed by atoms with van der Waals surface area (Å²) in [7, 11) is 1.62. The monoisotopic (exact) mass is 370 g/mol. The molecule has 6 heteroatoms. The summed E-state index contributed by atoms with van der Waals surface area (Å²) in [6, 6.07) is 12.6. The van der Waals surface area contributed by atoms with Crippen LogP contribution in [0.3, 0.4) is 0 Å². The molecule has 0 saturated carbocycles. The highest BCUT2D eigenvalue weighted by Crippen LogP contribution is 2.20. The van der Waals surface area contributed by atoms with E-state index < -0.39 is 0 Å². The fourth-order valence-electron chi connectivity index (χ4n) is 2.51. The summed E-state index contributed by atoms with van der Waals surface area (Å²) in [4.78, 5) is 24.6.